The van der Waals surface area contributed by atoms with Gasteiger partial charge in [-0.1, -0.05) is 23.8 Å². The van der Waals surface area contributed by atoms with E-state index in [2.05, 4.69) is 0 Å². The number of rotatable bonds is 9. The Labute approximate surface area is 184 Å². The summed E-state index contributed by atoms with van der Waals surface area (Å²) in [6.07, 6.45) is 0.0278. The number of carbonyl (C=O) groups is 1. The van der Waals surface area contributed by atoms with Gasteiger partial charge in [0.2, 0.25) is 10.0 Å². The molecule has 0 bridgehead atoms. The average molecular weight is 469 g/mol. The predicted octanol–water partition coefficient (Wildman–Crippen LogP) is 2.92. The summed E-state index contributed by atoms with van der Waals surface area (Å²) in [5, 5.41) is 8.77. The maximum Gasteiger partial charge on any atom is 0.303 e. The highest BCUT2D eigenvalue weighted by molar-refractivity contribution is 7.92. The van der Waals surface area contributed by atoms with E-state index in [1.54, 1.807) is 32.0 Å². The number of carboxylic acids is 1. The lowest BCUT2D eigenvalue weighted by molar-refractivity contribution is -0.137. The Morgan fingerprint density at radius 2 is 1.48 bits per heavy atom. The fraction of sp³-hybridized carbons (Fsp3) is 0.381. The number of anilines is 1. The van der Waals surface area contributed by atoms with Crippen LogP contribution in [0.1, 0.15) is 29.5 Å². The fourth-order valence-corrected chi connectivity index (χ4v) is 6.06. The van der Waals surface area contributed by atoms with Crippen LogP contribution in [-0.2, 0) is 24.8 Å². The Hall–Kier alpha value is -2.43. The summed E-state index contributed by atoms with van der Waals surface area (Å²) in [6, 6.07) is 9.46. The van der Waals surface area contributed by atoms with E-state index in [9.17, 15) is 21.6 Å². The van der Waals surface area contributed by atoms with Crippen molar-refractivity contribution < 1.29 is 26.7 Å². The molecule has 0 radical (unpaired) electrons. The largest absolute Gasteiger partial charge is 0.481 e. The number of aliphatic carboxylic acids is 1. The van der Waals surface area contributed by atoms with Crippen LogP contribution < -0.4 is 4.31 Å². The van der Waals surface area contributed by atoms with Crippen LogP contribution in [0.3, 0.4) is 0 Å². The summed E-state index contributed by atoms with van der Waals surface area (Å²) in [7, 11) is -5.06. The second kappa shape index (κ2) is 9.37. The minimum absolute atomic E-state index is 0.0168. The quantitative estimate of drug-likeness (QED) is 0.606. The highest BCUT2D eigenvalue weighted by atomic mass is 32.2. The lowest BCUT2D eigenvalue weighted by Crippen LogP contribution is -2.31. The topological polar surface area (TPSA) is 112 Å². The van der Waals surface area contributed by atoms with Gasteiger partial charge < -0.3 is 5.11 Å². The highest BCUT2D eigenvalue weighted by Gasteiger charge is 2.29. The molecule has 0 aliphatic heterocycles. The summed E-state index contributed by atoms with van der Waals surface area (Å²) in [4.78, 5) is 10.8. The SMILES string of the molecule is Cc1ccc(S(=O)(=O)N(C)c2c(C)ccc(S(=O)(=O)N(C)CCCC(=O)O)c2C)cc1. The summed E-state index contributed by atoms with van der Waals surface area (Å²) < 4.78 is 54.7. The third-order valence-corrected chi connectivity index (χ3v) is 8.90. The van der Waals surface area contributed by atoms with E-state index in [1.807, 2.05) is 6.92 Å². The molecule has 2 aromatic carbocycles. The summed E-state index contributed by atoms with van der Waals surface area (Å²) in [6.45, 7) is 5.18. The molecule has 2 rings (SSSR count). The normalized spacial score (nSPS) is 12.2. The molecule has 0 atom stereocenters. The van der Waals surface area contributed by atoms with E-state index in [4.69, 9.17) is 5.11 Å². The van der Waals surface area contributed by atoms with Crippen molar-refractivity contribution in [2.45, 2.75) is 43.4 Å². The Balaban J connectivity index is 2.48. The second-order valence-corrected chi connectivity index (χ2v) is 11.4. The molecule has 0 aliphatic carbocycles. The third kappa shape index (κ3) is 5.25. The van der Waals surface area contributed by atoms with E-state index in [-0.39, 0.29) is 29.2 Å². The molecule has 31 heavy (non-hydrogen) atoms. The second-order valence-electron chi connectivity index (χ2n) is 7.46. The van der Waals surface area contributed by atoms with Gasteiger partial charge in [-0.3, -0.25) is 9.10 Å². The van der Waals surface area contributed by atoms with E-state index in [0.717, 1.165) is 14.2 Å². The van der Waals surface area contributed by atoms with Crippen LogP contribution in [0.5, 0.6) is 0 Å². The van der Waals surface area contributed by atoms with Gasteiger partial charge in [-0.2, -0.15) is 0 Å². The lowest BCUT2D eigenvalue weighted by Gasteiger charge is -2.26. The lowest BCUT2D eigenvalue weighted by atomic mass is 10.1. The number of sulfonamides is 2. The number of nitrogens with zero attached hydrogens (tertiary/aromatic N) is 2. The first-order valence-corrected chi connectivity index (χ1v) is 12.5. The smallest absolute Gasteiger partial charge is 0.303 e. The first kappa shape index (κ1) is 24.8. The first-order valence-electron chi connectivity index (χ1n) is 9.64. The zero-order valence-electron chi connectivity index (χ0n) is 18.3. The molecule has 0 spiro atoms. The minimum Gasteiger partial charge on any atom is -0.481 e. The molecule has 0 saturated carbocycles. The Morgan fingerprint density at radius 3 is 2.03 bits per heavy atom. The molecule has 0 aromatic heterocycles. The molecule has 0 aliphatic rings. The molecule has 0 saturated heterocycles. The third-order valence-electron chi connectivity index (χ3n) is 5.13. The van der Waals surface area contributed by atoms with Gasteiger partial charge in [-0.25, -0.2) is 21.1 Å². The monoisotopic (exact) mass is 468 g/mol. The Morgan fingerprint density at radius 1 is 0.903 bits per heavy atom. The molecule has 8 nitrogen and oxygen atoms in total. The number of hydrogen-bond acceptors (Lipinski definition) is 5. The van der Waals surface area contributed by atoms with Crippen LogP contribution >= 0.6 is 0 Å². The fourth-order valence-electron chi connectivity index (χ4n) is 3.31. The van der Waals surface area contributed by atoms with Crippen molar-refractivity contribution in [3.8, 4) is 0 Å². The van der Waals surface area contributed by atoms with Crippen molar-refractivity contribution in [1.29, 1.82) is 0 Å². The Bertz CT molecular complexity index is 1170. The van der Waals surface area contributed by atoms with Gasteiger partial charge in [-0.05, 0) is 56.5 Å². The zero-order valence-corrected chi connectivity index (χ0v) is 19.9. The van der Waals surface area contributed by atoms with Gasteiger partial charge in [0.05, 0.1) is 15.5 Å². The Kier molecular flexibility index (Phi) is 7.51. The van der Waals surface area contributed by atoms with E-state index in [1.165, 1.54) is 32.3 Å². The van der Waals surface area contributed by atoms with Crippen molar-refractivity contribution >= 4 is 31.7 Å². The van der Waals surface area contributed by atoms with Gasteiger partial charge in [0, 0.05) is 27.1 Å². The number of benzene rings is 2. The summed E-state index contributed by atoms with van der Waals surface area (Å²) in [5.41, 5.74) is 2.14. The van der Waals surface area contributed by atoms with Gasteiger partial charge in [0.1, 0.15) is 0 Å². The molecule has 10 heteroatoms. The molecule has 170 valence electrons. The van der Waals surface area contributed by atoms with Crippen LogP contribution in [0, 0.1) is 20.8 Å². The van der Waals surface area contributed by atoms with Gasteiger partial charge in [0.25, 0.3) is 10.0 Å². The molecule has 1 N–H and O–H groups in total. The predicted molar refractivity (Wildman–Crippen MR) is 119 cm³/mol. The van der Waals surface area contributed by atoms with Crippen molar-refractivity contribution in [1.82, 2.24) is 4.31 Å². The minimum atomic E-state index is -3.94. The average Bonchev–Trinajstić information content (AvgIpc) is 2.67. The molecular weight excluding hydrogens is 440 g/mol. The van der Waals surface area contributed by atoms with Crippen molar-refractivity contribution in [2.75, 3.05) is 24.9 Å². The molecule has 0 amide bonds. The van der Waals surface area contributed by atoms with Gasteiger partial charge in [-0.15, -0.1) is 0 Å². The van der Waals surface area contributed by atoms with Crippen LogP contribution in [-0.4, -0.2) is 52.9 Å². The maximum absolute atomic E-state index is 13.2. The number of carboxylic acid groups (broad SMARTS) is 1. The summed E-state index contributed by atoms with van der Waals surface area (Å²) in [5.74, 6) is -0.998. The zero-order chi connectivity index (χ0) is 23.6. The van der Waals surface area contributed by atoms with Crippen molar-refractivity contribution in [2.24, 2.45) is 0 Å². The molecule has 0 unspecified atom stereocenters. The number of aryl methyl sites for hydroxylation is 2. The molecule has 2 aromatic rings. The van der Waals surface area contributed by atoms with Crippen molar-refractivity contribution in [3.05, 3.63) is 53.1 Å². The van der Waals surface area contributed by atoms with Crippen LogP contribution in [0.15, 0.2) is 46.2 Å². The van der Waals surface area contributed by atoms with Crippen LogP contribution in [0.25, 0.3) is 0 Å². The maximum atomic E-state index is 13.2. The molecule has 0 fully saturated rings. The molecular formula is C21H28N2O6S2. The highest BCUT2D eigenvalue weighted by Crippen LogP contribution is 2.33. The standard InChI is InChI=1S/C21H28N2O6S2/c1-15-8-11-18(12-9-15)30(26,27)23(5)21-16(2)10-13-19(17(21)3)31(28,29)22(4)14-6-7-20(24)25/h8-13H,6-7,14H2,1-5H3,(H,24,25). The molecule has 0 heterocycles. The van der Waals surface area contributed by atoms with E-state index in [0.29, 0.717) is 16.8 Å². The van der Waals surface area contributed by atoms with Gasteiger partial charge >= 0.3 is 5.97 Å². The van der Waals surface area contributed by atoms with Crippen LogP contribution in [0.4, 0.5) is 5.69 Å². The first-order chi connectivity index (χ1) is 14.3. The van der Waals surface area contributed by atoms with E-state index < -0.39 is 26.0 Å². The van der Waals surface area contributed by atoms with E-state index >= 15 is 0 Å². The van der Waals surface area contributed by atoms with Crippen LogP contribution in [0.2, 0.25) is 0 Å². The number of hydrogen-bond donors (Lipinski definition) is 1. The van der Waals surface area contributed by atoms with Crippen molar-refractivity contribution in [3.63, 3.8) is 0 Å². The van der Waals surface area contributed by atoms with Gasteiger partial charge in [0.15, 0.2) is 0 Å². The summed E-state index contributed by atoms with van der Waals surface area (Å²) >= 11 is 0.